The number of thiophene rings is 2. The van der Waals surface area contributed by atoms with Gasteiger partial charge in [0.25, 0.3) is 0 Å². The quantitative estimate of drug-likeness (QED) is 0.304. The van der Waals surface area contributed by atoms with Crippen LogP contribution in [0.2, 0.25) is 0 Å². The number of benzene rings is 1. The predicted molar refractivity (Wildman–Crippen MR) is 143 cm³/mol. The van der Waals surface area contributed by atoms with Gasteiger partial charge >= 0.3 is 0 Å². The van der Waals surface area contributed by atoms with Gasteiger partial charge in [-0.25, -0.2) is 0 Å². The van der Waals surface area contributed by atoms with E-state index in [1.807, 2.05) is 22.7 Å². The number of allylic oxidation sites excluding steroid dienone is 2. The molecule has 3 aromatic rings. The second-order valence-corrected chi connectivity index (χ2v) is 11.6. The molecule has 0 bridgehead atoms. The third kappa shape index (κ3) is 5.86. The molecule has 2 heteroatoms. The molecule has 0 aliphatic carbocycles. The second kappa shape index (κ2) is 10.8. The topological polar surface area (TPSA) is 0 Å². The van der Waals surface area contributed by atoms with Crippen molar-refractivity contribution in [2.75, 3.05) is 0 Å². The lowest BCUT2D eigenvalue weighted by Crippen LogP contribution is -1.98. The molecule has 0 spiro atoms. The fourth-order valence-corrected chi connectivity index (χ4v) is 5.75. The molecule has 0 saturated heterocycles. The lowest BCUT2D eigenvalue weighted by atomic mass is 9.90. The maximum absolute atomic E-state index is 2.23. The van der Waals surface area contributed by atoms with E-state index in [1.165, 1.54) is 74.8 Å². The summed E-state index contributed by atoms with van der Waals surface area (Å²) in [5, 5.41) is 1.51. The number of aryl methyl sites for hydroxylation is 4. The fraction of sp³-hybridized carbons (Fsp3) is 0.500. The lowest BCUT2D eigenvalue weighted by Gasteiger charge is -2.15. The predicted octanol–water partition coefficient (Wildman–Crippen LogP) is 10.1. The van der Waals surface area contributed by atoms with E-state index in [9.17, 15) is 0 Å². The zero-order valence-corrected chi connectivity index (χ0v) is 23.4. The minimum Gasteiger partial charge on any atom is -0.144 e. The molecule has 0 saturated carbocycles. The van der Waals surface area contributed by atoms with E-state index in [2.05, 4.69) is 96.9 Å². The Kier molecular flexibility index (Phi) is 9.57. The normalized spacial score (nSPS) is 10.3. The molecule has 0 unspecified atom stereocenters. The Morgan fingerprint density at radius 2 is 0.733 bits per heavy atom. The van der Waals surface area contributed by atoms with Crippen LogP contribution in [0.15, 0.2) is 11.1 Å². The zero-order valence-electron chi connectivity index (χ0n) is 21.8. The Morgan fingerprint density at radius 1 is 0.400 bits per heavy atom. The number of fused-ring (bicyclic) bond motifs is 1. The summed E-state index contributed by atoms with van der Waals surface area (Å²) in [6.45, 7) is 30.6. The second-order valence-electron chi connectivity index (χ2n) is 8.95. The van der Waals surface area contributed by atoms with Crippen LogP contribution in [-0.2, 0) is 0 Å². The van der Waals surface area contributed by atoms with E-state index >= 15 is 0 Å². The Bertz CT molecular complexity index is 945. The highest BCUT2D eigenvalue weighted by molar-refractivity contribution is 7.24. The van der Waals surface area contributed by atoms with Crippen LogP contribution in [0.3, 0.4) is 0 Å². The molecule has 1 aromatic carbocycles. The van der Waals surface area contributed by atoms with E-state index < -0.39 is 0 Å². The molecule has 166 valence electrons. The summed E-state index contributed by atoms with van der Waals surface area (Å²) in [7, 11) is 0. The Hall–Kier alpha value is -1.38. The largest absolute Gasteiger partial charge is 0.144 e. The summed E-state index contributed by atoms with van der Waals surface area (Å²) < 4.78 is 1.51. The molecular formula is C28H42S2. The van der Waals surface area contributed by atoms with Crippen molar-refractivity contribution in [3.05, 3.63) is 64.7 Å². The molecule has 3 rings (SSSR count). The SMILES string of the molecule is CC(C)=C(C)C.Cc1c(C)c(C)c(C)c(C)c1C.Cc1sc2c(C)sc(C)c2c1C. The minimum absolute atomic E-state index is 1.43. The highest BCUT2D eigenvalue weighted by Gasteiger charge is 2.11. The standard InChI is InChI=1S/C12H18.C10H12S2.C6H12/c1-7-8(2)10(4)12(6)11(5)9(7)3;1-5-6(2)12-10-8(4)11-7(3)9(5)10;1-5(2)6(3)4/h1-6H3;1-4H3;1-4H3. The Balaban J connectivity index is 0.000000240. The molecule has 0 fully saturated rings. The zero-order chi connectivity index (χ0) is 23.5. The molecule has 0 atom stereocenters. The van der Waals surface area contributed by atoms with Crippen molar-refractivity contribution in [2.24, 2.45) is 0 Å². The van der Waals surface area contributed by atoms with Crippen molar-refractivity contribution in [3.8, 4) is 0 Å². The van der Waals surface area contributed by atoms with Crippen molar-refractivity contribution in [1.29, 1.82) is 0 Å². The van der Waals surface area contributed by atoms with Gasteiger partial charge in [0.05, 0.1) is 0 Å². The van der Waals surface area contributed by atoms with Gasteiger partial charge in [-0.1, -0.05) is 11.1 Å². The third-order valence-electron chi connectivity index (χ3n) is 6.74. The van der Waals surface area contributed by atoms with Gasteiger partial charge in [0.1, 0.15) is 0 Å². The van der Waals surface area contributed by atoms with Crippen molar-refractivity contribution >= 4 is 32.8 Å². The van der Waals surface area contributed by atoms with Crippen LogP contribution in [0.4, 0.5) is 0 Å². The van der Waals surface area contributed by atoms with Crippen LogP contribution >= 0.6 is 22.7 Å². The minimum atomic E-state index is 1.43. The van der Waals surface area contributed by atoms with E-state index in [1.54, 1.807) is 0 Å². The van der Waals surface area contributed by atoms with Crippen molar-refractivity contribution in [3.63, 3.8) is 0 Å². The summed E-state index contributed by atoms with van der Waals surface area (Å²) in [6.07, 6.45) is 0. The van der Waals surface area contributed by atoms with Gasteiger partial charge in [-0.3, -0.25) is 0 Å². The Morgan fingerprint density at radius 3 is 1.00 bits per heavy atom. The summed E-state index contributed by atoms with van der Waals surface area (Å²) in [5.41, 5.74) is 13.1. The lowest BCUT2D eigenvalue weighted by molar-refractivity contribution is 1.13. The van der Waals surface area contributed by atoms with E-state index in [-0.39, 0.29) is 0 Å². The Labute approximate surface area is 194 Å². The van der Waals surface area contributed by atoms with E-state index in [4.69, 9.17) is 0 Å². The molecule has 30 heavy (non-hydrogen) atoms. The first-order valence-electron chi connectivity index (χ1n) is 10.8. The highest BCUT2D eigenvalue weighted by Crippen LogP contribution is 2.39. The average molecular weight is 443 g/mol. The van der Waals surface area contributed by atoms with E-state index in [0.717, 1.165) is 0 Å². The van der Waals surface area contributed by atoms with Crippen LogP contribution < -0.4 is 0 Å². The molecule has 0 amide bonds. The molecule has 0 nitrogen and oxygen atoms in total. The smallest absolute Gasteiger partial charge is 0.0487 e. The molecule has 0 N–H and O–H groups in total. The van der Waals surface area contributed by atoms with Crippen molar-refractivity contribution in [2.45, 2.75) is 96.9 Å². The molecular weight excluding hydrogens is 400 g/mol. The molecule has 0 radical (unpaired) electrons. The maximum atomic E-state index is 2.23. The van der Waals surface area contributed by atoms with Crippen LogP contribution in [0, 0.1) is 69.2 Å². The summed E-state index contributed by atoms with van der Waals surface area (Å²) in [4.78, 5) is 4.42. The van der Waals surface area contributed by atoms with Gasteiger partial charge in [0.2, 0.25) is 0 Å². The fourth-order valence-electron chi connectivity index (χ4n) is 3.31. The first-order chi connectivity index (χ1) is 13.7. The number of hydrogen-bond donors (Lipinski definition) is 0. The summed E-state index contributed by atoms with van der Waals surface area (Å²) in [5.74, 6) is 0. The van der Waals surface area contributed by atoms with Crippen LogP contribution in [-0.4, -0.2) is 0 Å². The molecule has 2 aromatic heterocycles. The third-order valence-corrected chi connectivity index (χ3v) is 9.21. The van der Waals surface area contributed by atoms with Gasteiger partial charge < -0.3 is 0 Å². The summed E-state index contributed by atoms with van der Waals surface area (Å²) >= 11 is 3.86. The van der Waals surface area contributed by atoms with Gasteiger partial charge in [-0.2, -0.15) is 0 Å². The molecule has 0 aliphatic heterocycles. The number of hydrogen-bond acceptors (Lipinski definition) is 2. The van der Waals surface area contributed by atoms with Crippen LogP contribution in [0.25, 0.3) is 10.1 Å². The monoisotopic (exact) mass is 442 g/mol. The average Bonchev–Trinajstić information content (AvgIpc) is 3.13. The van der Waals surface area contributed by atoms with E-state index in [0.29, 0.717) is 0 Å². The summed E-state index contributed by atoms with van der Waals surface area (Å²) in [6, 6.07) is 0. The van der Waals surface area contributed by atoms with Gasteiger partial charge in [-0.15, -0.1) is 22.7 Å². The molecule has 2 heterocycles. The van der Waals surface area contributed by atoms with Gasteiger partial charge in [0.15, 0.2) is 0 Å². The van der Waals surface area contributed by atoms with Gasteiger partial charge in [0, 0.05) is 24.7 Å². The van der Waals surface area contributed by atoms with Crippen LogP contribution in [0.1, 0.15) is 81.3 Å². The van der Waals surface area contributed by atoms with Gasteiger partial charge in [-0.05, 0) is 136 Å². The maximum Gasteiger partial charge on any atom is 0.0487 e. The van der Waals surface area contributed by atoms with Crippen molar-refractivity contribution in [1.82, 2.24) is 0 Å². The first kappa shape index (κ1) is 26.7. The molecule has 0 aliphatic rings. The highest BCUT2D eigenvalue weighted by atomic mass is 32.1. The number of rotatable bonds is 0. The first-order valence-corrected chi connectivity index (χ1v) is 12.4. The van der Waals surface area contributed by atoms with Crippen LogP contribution in [0.5, 0.6) is 0 Å². The van der Waals surface area contributed by atoms with Crippen molar-refractivity contribution < 1.29 is 0 Å².